The highest BCUT2D eigenvalue weighted by atomic mass is 16.5. The summed E-state index contributed by atoms with van der Waals surface area (Å²) in [6.45, 7) is 5.53. The number of methoxy groups -OCH3 is 1. The van der Waals surface area contributed by atoms with E-state index in [-0.39, 0.29) is 6.61 Å². The Labute approximate surface area is 98.9 Å². The van der Waals surface area contributed by atoms with Crippen molar-refractivity contribution in [3.63, 3.8) is 0 Å². The van der Waals surface area contributed by atoms with Crippen LogP contribution in [-0.4, -0.2) is 37.5 Å². The smallest absolute Gasteiger partial charge is 0.0494 e. The van der Waals surface area contributed by atoms with E-state index in [1.807, 2.05) is 0 Å². The van der Waals surface area contributed by atoms with E-state index in [2.05, 4.69) is 31.3 Å². The van der Waals surface area contributed by atoms with E-state index in [9.17, 15) is 0 Å². The van der Waals surface area contributed by atoms with Crippen LogP contribution in [0.3, 0.4) is 0 Å². The first-order valence-electron chi connectivity index (χ1n) is 6.21. The highest BCUT2D eigenvalue weighted by molar-refractivity contribution is 5.06. The summed E-state index contributed by atoms with van der Waals surface area (Å²) in [5.41, 5.74) is 0. The SMILES string of the molecule is COCCC(N[C@@H]1C=C[C@H](CO)C1)C(C)C. The molecule has 1 aliphatic rings. The van der Waals surface area contributed by atoms with Crippen molar-refractivity contribution in [2.75, 3.05) is 20.3 Å². The maximum atomic E-state index is 9.07. The molecule has 0 saturated heterocycles. The Bertz CT molecular complexity index is 216. The minimum absolute atomic E-state index is 0.263. The number of hydrogen-bond acceptors (Lipinski definition) is 3. The molecule has 0 fully saturated rings. The van der Waals surface area contributed by atoms with Gasteiger partial charge in [0.2, 0.25) is 0 Å². The molecule has 0 aromatic carbocycles. The van der Waals surface area contributed by atoms with Crippen LogP contribution in [0.5, 0.6) is 0 Å². The molecule has 0 aliphatic heterocycles. The molecule has 3 nitrogen and oxygen atoms in total. The first-order valence-corrected chi connectivity index (χ1v) is 6.21. The van der Waals surface area contributed by atoms with Gasteiger partial charge in [-0.05, 0) is 18.8 Å². The summed E-state index contributed by atoms with van der Waals surface area (Å²) in [5, 5.41) is 12.7. The molecule has 16 heavy (non-hydrogen) atoms. The number of aliphatic hydroxyl groups excluding tert-OH is 1. The van der Waals surface area contributed by atoms with Gasteiger partial charge in [-0.15, -0.1) is 0 Å². The second-order valence-electron chi connectivity index (χ2n) is 4.97. The average molecular weight is 227 g/mol. The van der Waals surface area contributed by atoms with Crippen molar-refractivity contribution in [2.45, 2.75) is 38.8 Å². The molecule has 94 valence electrons. The van der Waals surface area contributed by atoms with Gasteiger partial charge in [0, 0.05) is 38.3 Å². The van der Waals surface area contributed by atoms with Crippen LogP contribution in [0, 0.1) is 11.8 Å². The molecule has 0 radical (unpaired) electrons. The molecular formula is C13H25NO2. The summed E-state index contributed by atoms with van der Waals surface area (Å²) in [7, 11) is 1.74. The Kier molecular flexibility index (Phi) is 6.03. The van der Waals surface area contributed by atoms with E-state index in [1.54, 1.807) is 7.11 Å². The molecule has 1 aliphatic carbocycles. The lowest BCUT2D eigenvalue weighted by Gasteiger charge is -2.25. The zero-order valence-electron chi connectivity index (χ0n) is 10.6. The summed E-state index contributed by atoms with van der Waals surface area (Å²) in [5.74, 6) is 0.949. The molecule has 0 bridgehead atoms. The van der Waals surface area contributed by atoms with Gasteiger partial charge in [0.15, 0.2) is 0 Å². The summed E-state index contributed by atoms with van der Waals surface area (Å²) in [6, 6.07) is 0.911. The van der Waals surface area contributed by atoms with Gasteiger partial charge in [0.05, 0.1) is 0 Å². The lowest BCUT2D eigenvalue weighted by atomic mass is 9.99. The molecule has 0 heterocycles. The zero-order valence-corrected chi connectivity index (χ0v) is 10.6. The van der Waals surface area contributed by atoms with E-state index in [4.69, 9.17) is 9.84 Å². The van der Waals surface area contributed by atoms with E-state index in [0.29, 0.717) is 23.9 Å². The predicted octanol–water partition coefficient (Wildman–Crippen LogP) is 1.57. The quantitative estimate of drug-likeness (QED) is 0.649. The minimum Gasteiger partial charge on any atom is -0.396 e. The largest absolute Gasteiger partial charge is 0.396 e. The van der Waals surface area contributed by atoms with Crippen LogP contribution in [0.2, 0.25) is 0 Å². The molecule has 0 saturated carbocycles. The fourth-order valence-corrected chi connectivity index (χ4v) is 2.16. The van der Waals surface area contributed by atoms with Crippen molar-refractivity contribution in [1.82, 2.24) is 5.32 Å². The molecule has 3 heteroatoms. The number of hydrogen-bond donors (Lipinski definition) is 2. The minimum atomic E-state index is 0.263. The third-order valence-corrected chi connectivity index (χ3v) is 3.27. The van der Waals surface area contributed by atoms with Gasteiger partial charge in [-0.1, -0.05) is 26.0 Å². The fourth-order valence-electron chi connectivity index (χ4n) is 2.16. The molecule has 0 spiro atoms. The number of aliphatic hydroxyl groups is 1. The monoisotopic (exact) mass is 227 g/mol. The van der Waals surface area contributed by atoms with E-state index in [1.165, 1.54) is 0 Å². The lowest BCUT2D eigenvalue weighted by molar-refractivity contribution is 0.170. The van der Waals surface area contributed by atoms with Crippen molar-refractivity contribution in [3.05, 3.63) is 12.2 Å². The molecule has 2 N–H and O–H groups in total. The number of ether oxygens (including phenoxy) is 1. The van der Waals surface area contributed by atoms with Crippen molar-refractivity contribution >= 4 is 0 Å². The lowest BCUT2D eigenvalue weighted by Crippen LogP contribution is -2.40. The summed E-state index contributed by atoms with van der Waals surface area (Å²) in [6.07, 6.45) is 6.36. The molecule has 1 rings (SSSR count). The van der Waals surface area contributed by atoms with Crippen LogP contribution in [-0.2, 0) is 4.74 Å². The van der Waals surface area contributed by atoms with Crippen LogP contribution in [0.4, 0.5) is 0 Å². The normalized spacial score (nSPS) is 26.6. The van der Waals surface area contributed by atoms with Gasteiger partial charge in [0.25, 0.3) is 0 Å². The van der Waals surface area contributed by atoms with Crippen LogP contribution >= 0.6 is 0 Å². The van der Waals surface area contributed by atoms with Crippen molar-refractivity contribution in [1.29, 1.82) is 0 Å². The third-order valence-electron chi connectivity index (χ3n) is 3.27. The van der Waals surface area contributed by atoms with E-state index in [0.717, 1.165) is 19.4 Å². The zero-order chi connectivity index (χ0) is 12.0. The Morgan fingerprint density at radius 3 is 2.69 bits per heavy atom. The standard InChI is InChI=1S/C13H25NO2/c1-10(2)13(6-7-16-3)14-12-5-4-11(8-12)9-15/h4-5,10-15H,6-9H2,1-3H3/t11-,12+,13?/m0/s1. The van der Waals surface area contributed by atoms with Gasteiger partial charge in [-0.25, -0.2) is 0 Å². The van der Waals surface area contributed by atoms with Crippen molar-refractivity contribution in [2.24, 2.45) is 11.8 Å². The van der Waals surface area contributed by atoms with Gasteiger partial charge in [-0.2, -0.15) is 0 Å². The molecular weight excluding hydrogens is 202 g/mol. The number of nitrogens with one attached hydrogen (secondary N) is 1. The third kappa shape index (κ3) is 4.24. The maximum Gasteiger partial charge on any atom is 0.0494 e. The van der Waals surface area contributed by atoms with Gasteiger partial charge in [-0.3, -0.25) is 0 Å². The topological polar surface area (TPSA) is 41.5 Å². The molecule has 3 atom stereocenters. The van der Waals surface area contributed by atoms with E-state index >= 15 is 0 Å². The highest BCUT2D eigenvalue weighted by Crippen LogP contribution is 2.19. The summed E-state index contributed by atoms with van der Waals surface area (Å²) < 4.78 is 5.13. The second-order valence-corrected chi connectivity index (χ2v) is 4.97. The predicted molar refractivity (Wildman–Crippen MR) is 66.4 cm³/mol. The van der Waals surface area contributed by atoms with Crippen molar-refractivity contribution < 1.29 is 9.84 Å². The number of rotatable bonds is 7. The summed E-state index contributed by atoms with van der Waals surface area (Å²) in [4.78, 5) is 0. The van der Waals surface area contributed by atoms with Crippen LogP contribution < -0.4 is 5.32 Å². The summed E-state index contributed by atoms with van der Waals surface area (Å²) >= 11 is 0. The van der Waals surface area contributed by atoms with Crippen LogP contribution in [0.1, 0.15) is 26.7 Å². The highest BCUT2D eigenvalue weighted by Gasteiger charge is 2.22. The Morgan fingerprint density at radius 2 is 2.19 bits per heavy atom. The molecule has 0 aromatic rings. The van der Waals surface area contributed by atoms with Crippen LogP contribution in [0.25, 0.3) is 0 Å². The second kappa shape index (κ2) is 7.05. The van der Waals surface area contributed by atoms with E-state index < -0.39 is 0 Å². The van der Waals surface area contributed by atoms with Gasteiger partial charge >= 0.3 is 0 Å². The average Bonchev–Trinajstić information content (AvgIpc) is 2.71. The van der Waals surface area contributed by atoms with Gasteiger partial charge in [0.1, 0.15) is 0 Å². The Balaban J connectivity index is 2.35. The first-order chi connectivity index (χ1) is 7.67. The Morgan fingerprint density at radius 1 is 1.44 bits per heavy atom. The van der Waals surface area contributed by atoms with Crippen LogP contribution in [0.15, 0.2) is 12.2 Å². The maximum absolute atomic E-state index is 9.07. The first kappa shape index (κ1) is 13.7. The molecule has 0 amide bonds. The van der Waals surface area contributed by atoms with Crippen molar-refractivity contribution in [3.8, 4) is 0 Å². The fraction of sp³-hybridized carbons (Fsp3) is 0.846. The Hall–Kier alpha value is -0.380. The van der Waals surface area contributed by atoms with Gasteiger partial charge < -0.3 is 15.2 Å². The molecule has 0 aromatic heterocycles. The molecule has 1 unspecified atom stereocenters.